The molecule has 1 unspecified atom stereocenters. The molecule has 0 aliphatic carbocycles. The minimum atomic E-state index is -0.981. The van der Waals surface area contributed by atoms with Gasteiger partial charge in [0.25, 0.3) is 5.91 Å². The summed E-state index contributed by atoms with van der Waals surface area (Å²) in [5.41, 5.74) is -0.852. The molecular formula is C15H20FNO4. The number of ether oxygens (including phenoxy) is 1. The van der Waals surface area contributed by atoms with Crippen molar-refractivity contribution < 1.29 is 23.8 Å². The molecule has 6 heteroatoms. The smallest absolute Gasteiger partial charge is 0.305 e. The van der Waals surface area contributed by atoms with Gasteiger partial charge in [0, 0.05) is 0 Å². The Hall–Kier alpha value is -2.11. The van der Waals surface area contributed by atoms with E-state index in [2.05, 4.69) is 5.32 Å². The zero-order valence-corrected chi connectivity index (χ0v) is 12.4. The zero-order chi connectivity index (χ0) is 16.0. The van der Waals surface area contributed by atoms with Gasteiger partial charge in [-0.2, -0.15) is 0 Å². The molecule has 0 saturated carbocycles. The lowest BCUT2D eigenvalue weighted by molar-refractivity contribution is -0.139. The van der Waals surface area contributed by atoms with Crippen LogP contribution in [0.15, 0.2) is 24.3 Å². The highest BCUT2D eigenvalue weighted by Crippen LogP contribution is 2.20. The SMILES string of the molecule is CC(C)C(C)(CC(=O)O)NC(=O)COc1ccc(F)cc1. The normalized spacial score (nSPS) is 13.6. The van der Waals surface area contributed by atoms with E-state index >= 15 is 0 Å². The highest BCUT2D eigenvalue weighted by Gasteiger charge is 2.32. The predicted molar refractivity (Wildman–Crippen MR) is 75.5 cm³/mol. The summed E-state index contributed by atoms with van der Waals surface area (Å²) in [5, 5.41) is 11.6. The molecule has 0 saturated heterocycles. The van der Waals surface area contributed by atoms with Gasteiger partial charge in [-0.3, -0.25) is 9.59 Å². The standard InChI is InChI=1S/C15H20FNO4/c1-10(2)15(3,8-14(19)20)17-13(18)9-21-12-6-4-11(16)5-7-12/h4-7,10H,8-9H2,1-3H3,(H,17,18)(H,19,20). The van der Waals surface area contributed by atoms with Crippen LogP contribution in [-0.2, 0) is 9.59 Å². The van der Waals surface area contributed by atoms with Gasteiger partial charge in [0.1, 0.15) is 11.6 Å². The number of carboxylic acid groups (broad SMARTS) is 1. The number of nitrogens with one attached hydrogen (secondary N) is 1. The Balaban J connectivity index is 2.58. The largest absolute Gasteiger partial charge is 0.484 e. The van der Waals surface area contributed by atoms with Crippen molar-refractivity contribution in [1.29, 1.82) is 0 Å². The maximum Gasteiger partial charge on any atom is 0.305 e. The van der Waals surface area contributed by atoms with Crippen LogP contribution in [-0.4, -0.2) is 29.1 Å². The fourth-order valence-electron chi connectivity index (χ4n) is 1.74. The van der Waals surface area contributed by atoms with E-state index in [1.165, 1.54) is 24.3 Å². The average Bonchev–Trinajstić information content (AvgIpc) is 2.36. The van der Waals surface area contributed by atoms with Crippen LogP contribution < -0.4 is 10.1 Å². The van der Waals surface area contributed by atoms with Crippen LogP contribution in [0.3, 0.4) is 0 Å². The summed E-state index contributed by atoms with van der Waals surface area (Å²) < 4.78 is 18.0. The Morgan fingerprint density at radius 3 is 2.38 bits per heavy atom. The second-order valence-corrected chi connectivity index (χ2v) is 5.43. The summed E-state index contributed by atoms with van der Waals surface area (Å²) in [6.07, 6.45) is -0.174. The fraction of sp³-hybridized carbons (Fsp3) is 0.467. The molecule has 116 valence electrons. The summed E-state index contributed by atoms with van der Waals surface area (Å²) in [6.45, 7) is 5.10. The van der Waals surface area contributed by atoms with Crippen molar-refractivity contribution in [3.63, 3.8) is 0 Å². The summed E-state index contributed by atoms with van der Waals surface area (Å²) in [6, 6.07) is 5.30. The lowest BCUT2D eigenvalue weighted by Gasteiger charge is -2.33. The van der Waals surface area contributed by atoms with Crippen molar-refractivity contribution in [2.75, 3.05) is 6.61 Å². The molecule has 0 aliphatic heterocycles. The van der Waals surface area contributed by atoms with Crippen molar-refractivity contribution in [3.05, 3.63) is 30.1 Å². The van der Waals surface area contributed by atoms with E-state index < -0.39 is 17.4 Å². The van der Waals surface area contributed by atoms with Gasteiger partial charge >= 0.3 is 5.97 Å². The first-order chi connectivity index (χ1) is 9.73. The van der Waals surface area contributed by atoms with E-state index in [9.17, 15) is 14.0 Å². The second kappa shape index (κ2) is 7.06. The monoisotopic (exact) mass is 297 g/mol. The number of rotatable bonds is 7. The highest BCUT2D eigenvalue weighted by atomic mass is 19.1. The van der Waals surface area contributed by atoms with Crippen molar-refractivity contribution in [1.82, 2.24) is 5.32 Å². The minimum absolute atomic E-state index is 0.0524. The molecule has 1 aromatic rings. The summed E-state index contributed by atoms with van der Waals surface area (Å²) in [4.78, 5) is 22.8. The van der Waals surface area contributed by atoms with Crippen molar-refractivity contribution in [2.45, 2.75) is 32.7 Å². The van der Waals surface area contributed by atoms with Gasteiger partial charge in [-0.25, -0.2) is 4.39 Å². The predicted octanol–water partition coefficient (Wildman–Crippen LogP) is 2.21. The van der Waals surface area contributed by atoms with Crippen LogP contribution in [0.5, 0.6) is 5.75 Å². The molecule has 2 N–H and O–H groups in total. The number of amides is 1. The topological polar surface area (TPSA) is 75.6 Å². The zero-order valence-electron chi connectivity index (χ0n) is 12.4. The van der Waals surface area contributed by atoms with E-state index in [4.69, 9.17) is 9.84 Å². The van der Waals surface area contributed by atoms with E-state index in [0.29, 0.717) is 5.75 Å². The molecule has 0 fully saturated rings. The molecule has 1 aromatic carbocycles. The van der Waals surface area contributed by atoms with Crippen molar-refractivity contribution in [2.24, 2.45) is 5.92 Å². The Labute approximate surface area is 123 Å². The van der Waals surface area contributed by atoms with E-state index in [1.54, 1.807) is 6.92 Å². The van der Waals surface area contributed by atoms with Gasteiger partial charge in [0.15, 0.2) is 6.61 Å². The molecule has 0 radical (unpaired) electrons. The number of halogens is 1. The quantitative estimate of drug-likeness (QED) is 0.809. The molecular weight excluding hydrogens is 277 g/mol. The van der Waals surface area contributed by atoms with Crippen LogP contribution in [0.2, 0.25) is 0 Å². The third-order valence-corrected chi connectivity index (χ3v) is 3.40. The first-order valence-corrected chi connectivity index (χ1v) is 6.64. The van der Waals surface area contributed by atoms with Crippen molar-refractivity contribution >= 4 is 11.9 Å². The summed E-state index contributed by atoms with van der Waals surface area (Å²) in [7, 11) is 0. The van der Waals surface area contributed by atoms with Crippen LogP contribution in [0, 0.1) is 11.7 Å². The molecule has 0 aromatic heterocycles. The molecule has 0 aliphatic rings. The fourth-order valence-corrected chi connectivity index (χ4v) is 1.74. The Bertz CT molecular complexity index is 501. The number of carbonyl (C=O) groups excluding carboxylic acids is 1. The first kappa shape index (κ1) is 16.9. The van der Waals surface area contributed by atoms with Crippen LogP contribution in [0.4, 0.5) is 4.39 Å². The molecule has 1 atom stereocenters. The third kappa shape index (κ3) is 5.41. The molecule has 0 spiro atoms. The minimum Gasteiger partial charge on any atom is -0.484 e. The Morgan fingerprint density at radius 2 is 1.90 bits per heavy atom. The number of benzene rings is 1. The lowest BCUT2D eigenvalue weighted by Crippen LogP contribution is -2.52. The number of hydrogen-bond donors (Lipinski definition) is 2. The third-order valence-electron chi connectivity index (χ3n) is 3.40. The lowest BCUT2D eigenvalue weighted by atomic mass is 9.85. The Morgan fingerprint density at radius 1 is 1.33 bits per heavy atom. The molecule has 1 amide bonds. The maximum atomic E-state index is 12.7. The molecule has 0 bridgehead atoms. The van der Waals surface area contributed by atoms with Crippen LogP contribution >= 0.6 is 0 Å². The molecule has 0 heterocycles. The highest BCUT2D eigenvalue weighted by molar-refractivity contribution is 5.79. The van der Waals surface area contributed by atoms with Gasteiger partial charge in [0.05, 0.1) is 12.0 Å². The summed E-state index contributed by atoms with van der Waals surface area (Å²) in [5.74, 6) is -1.47. The maximum absolute atomic E-state index is 12.7. The van der Waals surface area contributed by atoms with E-state index in [1.807, 2.05) is 13.8 Å². The molecule has 21 heavy (non-hydrogen) atoms. The second-order valence-electron chi connectivity index (χ2n) is 5.43. The Kier molecular flexibility index (Phi) is 5.69. The number of carbonyl (C=O) groups is 2. The van der Waals surface area contributed by atoms with E-state index in [-0.39, 0.29) is 24.8 Å². The van der Waals surface area contributed by atoms with E-state index in [0.717, 1.165) is 0 Å². The van der Waals surface area contributed by atoms with Crippen molar-refractivity contribution in [3.8, 4) is 5.75 Å². The first-order valence-electron chi connectivity index (χ1n) is 6.64. The van der Waals surface area contributed by atoms with Gasteiger partial charge in [-0.15, -0.1) is 0 Å². The summed E-state index contributed by atoms with van der Waals surface area (Å²) >= 11 is 0. The van der Waals surface area contributed by atoms with Gasteiger partial charge in [-0.05, 0) is 37.1 Å². The van der Waals surface area contributed by atoms with Crippen LogP contribution in [0.25, 0.3) is 0 Å². The van der Waals surface area contributed by atoms with Gasteiger partial charge < -0.3 is 15.2 Å². The number of hydrogen-bond acceptors (Lipinski definition) is 3. The number of carboxylic acids is 1. The average molecular weight is 297 g/mol. The van der Waals surface area contributed by atoms with Gasteiger partial charge in [-0.1, -0.05) is 13.8 Å². The number of aliphatic carboxylic acids is 1. The molecule has 1 rings (SSSR count). The molecule has 5 nitrogen and oxygen atoms in total. The van der Waals surface area contributed by atoms with Crippen LogP contribution in [0.1, 0.15) is 27.2 Å². The van der Waals surface area contributed by atoms with Gasteiger partial charge in [0.2, 0.25) is 0 Å².